The van der Waals surface area contributed by atoms with Gasteiger partial charge < -0.3 is 16.0 Å². The number of benzene rings is 2. The highest BCUT2D eigenvalue weighted by atomic mass is 35.5. The molecule has 0 radical (unpaired) electrons. The van der Waals surface area contributed by atoms with Crippen molar-refractivity contribution in [1.29, 1.82) is 0 Å². The van der Waals surface area contributed by atoms with Crippen molar-refractivity contribution in [3.63, 3.8) is 0 Å². The van der Waals surface area contributed by atoms with E-state index in [9.17, 15) is 18.4 Å². The number of esters is 1. The SMILES string of the molecule is CC(C)(C)OC(=O)C(Cc1sccc1F)N=C(c1ccccc1)c1ccccc1.N.O=C(O)C(Cl)Cc1sccc1F. The molecule has 0 fully saturated rings. The number of carbonyl (C=O) groups excluding carboxylic acids is 1. The quantitative estimate of drug-likeness (QED) is 0.110. The van der Waals surface area contributed by atoms with Crippen LogP contribution in [0, 0.1) is 11.6 Å². The molecule has 2 aromatic carbocycles. The second-order valence-corrected chi connectivity index (χ2v) is 12.4. The monoisotopic (exact) mass is 634 g/mol. The molecule has 2 aromatic heterocycles. The fraction of sp³-hybridized carbons (Fsp3) is 0.258. The van der Waals surface area contributed by atoms with Crippen molar-refractivity contribution in [2.75, 3.05) is 0 Å². The molecule has 6 nitrogen and oxygen atoms in total. The van der Waals surface area contributed by atoms with Crippen LogP contribution in [-0.2, 0) is 27.2 Å². The van der Waals surface area contributed by atoms with Crippen molar-refractivity contribution in [1.82, 2.24) is 6.15 Å². The Morgan fingerprint density at radius 3 is 1.69 bits per heavy atom. The molecule has 0 spiro atoms. The lowest BCUT2D eigenvalue weighted by Crippen LogP contribution is -2.33. The lowest BCUT2D eigenvalue weighted by atomic mass is 10.0. The largest absolute Gasteiger partial charge is 0.480 e. The van der Waals surface area contributed by atoms with Gasteiger partial charge in [0.1, 0.15) is 22.6 Å². The van der Waals surface area contributed by atoms with Crippen LogP contribution in [0.25, 0.3) is 0 Å². The summed E-state index contributed by atoms with van der Waals surface area (Å²) in [6.45, 7) is 5.44. The third-order valence-corrected chi connectivity index (χ3v) is 7.63. The Labute approximate surface area is 257 Å². The molecule has 2 unspecified atom stereocenters. The number of nitrogens with zero attached hydrogens (tertiary/aromatic N) is 1. The maximum atomic E-state index is 14.1. The Hall–Kier alpha value is -3.44. The van der Waals surface area contributed by atoms with Gasteiger partial charge in [0, 0.05) is 33.7 Å². The Morgan fingerprint density at radius 1 is 0.857 bits per heavy atom. The van der Waals surface area contributed by atoms with E-state index in [4.69, 9.17) is 26.4 Å². The van der Waals surface area contributed by atoms with E-state index < -0.39 is 29.0 Å². The van der Waals surface area contributed by atoms with Gasteiger partial charge in [-0.2, -0.15) is 0 Å². The number of halogens is 3. The lowest BCUT2D eigenvalue weighted by molar-refractivity contribution is -0.156. The first-order chi connectivity index (χ1) is 19.4. The Morgan fingerprint density at radius 2 is 1.31 bits per heavy atom. The van der Waals surface area contributed by atoms with Gasteiger partial charge in [-0.05, 0) is 43.7 Å². The number of rotatable bonds is 9. The second kappa shape index (κ2) is 16.3. The number of aliphatic imine (C=N–C) groups is 1. The van der Waals surface area contributed by atoms with Crippen LogP contribution >= 0.6 is 34.3 Å². The second-order valence-electron chi connectivity index (χ2n) is 9.86. The summed E-state index contributed by atoms with van der Waals surface area (Å²) in [5.74, 6) is -2.29. The number of hydrogen-bond donors (Lipinski definition) is 2. The first-order valence-electron chi connectivity index (χ1n) is 12.7. The van der Waals surface area contributed by atoms with E-state index in [0.29, 0.717) is 15.5 Å². The molecular formula is C31H33ClF2N2O4S2. The number of carboxylic acids is 1. The molecule has 224 valence electrons. The topological polar surface area (TPSA) is 111 Å². The number of thiophene rings is 2. The van der Waals surface area contributed by atoms with Gasteiger partial charge in [0.25, 0.3) is 0 Å². The average molecular weight is 635 g/mol. The zero-order valence-corrected chi connectivity index (χ0v) is 25.8. The van der Waals surface area contributed by atoms with Crippen molar-refractivity contribution in [2.45, 2.75) is 50.6 Å². The van der Waals surface area contributed by atoms with Crippen LogP contribution in [-0.4, -0.2) is 39.8 Å². The maximum Gasteiger partial charge on any atom is 0.331 e. The molecule has 0 aliphatic heterocycles. The van der Waals surface area contributed by atoms with Gasteiger partial charge in [-0.15, -0.1) is 34.3 Å². The summed E-state index contributed by atoms with van der Waals surface area (Å²) in [5, 5.41) is 10.6. The highest BCUT2D eigenvalue weighted by Crippen LogP contribution is 2.22. The van der Waals surface area contributed by atoms with Gasteiger partial charge in [-0.1, -0.05) is 60.7 Å². The van der Waals surface area contributed by atoms with E-state index in [1.165, 1.54) is 34.8 Å². The Bertz CT molecular complexity index is 1410. The van der Waals surface area contributed by atoms with Crippen LogP contribution in [0.3, 0.4) is 0 Å². The molecule has 4 N–H and O–H groups in total. The first kappa shape index (κ1) is 34.8. The van der Waals surface area contributed by atoms with Crippen molar-refractivity contribution in [2.24, 2.45) is 4.99 Å². The third-order valence-electron chi connectivity index (χ3n) is 5.45. The van der Waals surface area contributed by atoms with Crippen molar-refractivity contribution >= 4 is 51.9 Å². The standard InChI is InChI=1S/C24H24FNO2S.C7H6ClFO2S.H3N/c1-24(2,3)28-23(27)20(16-21-19(25)14-15-29-21)26-22(17-10-6-4-7-11-17)18-12-8-5-9-13-18;8-4(7(10)11)3-6-5(9)1-2-12-6;/h4-15,20H,16H2,1-3H3;1-2,4H,3H2,(H,10,11);1H3. The number of ether oxygens (including phenoxy) is 1. The van der Waals surface area contributed by atoms with Crippen LogP contribution in [0.1, 0.15) is 41.7 Å². The zero-order valence-electron chi connectivity index (χ0n) is 23.4. The molecule has 42 heavy (non-hydrogen) atoms. The van der Waals surface area contributed by atoms with E-state index in [1.54, 1.807) is 10.8 Å². The summed E-state index contributed by atoms with van der Waals surface area (Å²) < 4.78 is 32.4. The average Bonchev–Trinajstić information content (AvgIpc) is 3.53. The highest BCUT2D eigenvalue weighted by Gasteiger charge is 2.27. The summed E-state index contributed by atoms with van der Waals surface area (Å²) in [5.41, 5.74) is 1.80. The first-order valence-corrected chi connectivity index (χ1v) is 14.9. The van der Waals surface area contributed by atoms with Gasteiger partial charge in [0.05, 0.1) is 5.71 Å². The predicted octanol–water partition coefficient (Wildman–Crippen LogP) is 7.96. The summed E-state index contributed by atoms with van der Waals surface area (Å²) in [6.07, 6.45) is 0.196. The van der Waals surface area contributed by atoms with E-state index in [0.717, 1.165) is 11.1 Å². The number of hydrogen-bond acceptors (Lipinski definition) is 7. The van der Waals surface area contributed by atoms with E-state index in [-0.39, 0.29) is 30.6 Å². The van der Waals surface area contributed by atoms with E-state index in [2.05, 4.69) is 0 Å². The zero-order chi connectivity index (χ0) is 30.0. The fourth-order valence-electron chi connectivity index (χ4n) is 3.58. The minimum absolute atomic E-state index is 0. The number of aliphatic carboxylic acids is 1. The van der Waals surface area contributed by atoms with Crippen LogP contribution in [0.5, 0.6) is 0 Å². The Balaban J connectivity index is 0.000000399. The summed E-state index contributed by atoms with van der Waals surface area (Å²) >= 11 is 7.87. The molecule has 2 atom stereocenters. The minimum Gasteiger partial charge on any atom is -0.480 e. The molecule has 4 aromatic rings. The fourth-order valence-corrected chi connectivity index (χ4v) is 5.41. The van der Waals surface area contributed by atoms with Gasteiger partial charge in [-0.25, -0.2) is 13.6 Å². The van der Waals surface area contributed by atoms with Crippen molar-refractivity contribution < 1.29 is 28.2 Å². The molecule has 2 heterocycles. The maximum absolute atomic E-state index is 14.1. The third kappa shape index (κ3) is 10.8. The van der Waals surface area contributed by atoms with E-state index in [1.807, 2.05) is 81.4 Å². The van der Waals surface area contributed by atoms with E-state index >= 15 is 0 Å². The smallest absolute Gasteiger partial charge is 0.331 e. The van der Waals surface area contributed by atoms with Gasteiger partial charge in [0.2, 0.25) is 0 Å². The molecule has 0 bridgehead atoms. The molecule has 11 heteroatoms. The lowest BCUT2D eigenvalue weighted by Gasteiger charge is -2.23. The molecule has 0 saturated carbocycles. The molecule has 4 rings (SSSR count). The van der Waals surface area contributed by atoms with Gasteiger partial charge in [0.15, 0.2) is 6.04 Å². The van der Waals surface area contributed by atoms with Gasteiger partial charge in [-0.3, -0.25) is 9.79 Å². The molecule has 0 aliphatic rings. The number of alkyl halides is 1. The normalized spacial score (nSPS) is 12.1. The number of carbonyl (C=O) groups is 2. The number of carboxylic acid groups (broad SMARTS) is 1. The van der Waals surface area contributed by atoms with Gasteiger partial charge >= 0.3 is 11.9 Å². The molecular weight excluding hydrogens is 602 g/mol. The predicted molar refractivity (Wildman–Crippen MR) is 166 cm³/mol. The van der Waals surface area contributed by atoms with Crippen LogP contribution < -0.4 is 6.15 Å². The van der Waals surface area contributed by atoms with Crippen molar-refractivity contribution in [3.05, 3.63) is 116 Å². The minimum atomic E-state index is -1.12. The Kier molecular flexibility index (Phi) is 13.5. The van der Waals surface area contributed by atoms with Crippen LogP contribution in [0.4, 0.5) is 8.78 Å². The highest BCUT2D eigenvalue weighted by molar-refractivity contribution is 7.10. The van der Waals surface area contributed by atoms with Crippen LogP contribution in [0.2, 0.25) is 0 Å². The molecule has 0 amide bonds. The summed E-state index contributed by atoms with van der Waals surface area (Å²) in [4.78, 5) is 28.9. The summed E-state index contributed by atoms with van der Waals surface area (Å²) in [6, 6.07) is 21.2. The van der Waals surface area contributed by atoms with Crippen LogP contribution in [0.15, 0.2) is 88.5 Å². The van der Waals surface area contributed by atoms with Crippen molar-refractivity contribution in [3.8, 4) is 0 Å². The molecule has 0 saturated heterocycles. The summed E-state index contributed by atoms with van der Waals surface area (Å²) in [7, 11) is 0. The molecule has 0 aliphatic carbocycles.